The second-order valence-electron chi connectivity index (χ2n) is 18.3. The summed E-state index contributed by atoms with van der Waals surface area (Å²) in [5.41, 5.74) is 8.08. The molecule has 0 spiro atoms. The number of benzene rings is 3. The lowest BCUT2D eigenvalue weighted by atomic mass is 10.0. The van der Waals surface area contributed by atoms with Gasteiger partial charge in [0.1, 0.15) is 42.0 Å². The summed E-state index contributed by atoms with van der Waals surface area (Å²) in [5.74, 6) is -9.35. The van der Waals surface area contributed by atoms with Crippen molar-refractivity contribution < 1.29 is 63.0 Å². The number of nitrogens with two attached hydrogens (primary N) is 1. The summed E-state index contributed by atoms with van der Waals surface area (Å²) in [7, 11) is 0. The van der Waals surface area contributed by atoms with Crippen molar-refractivity contribution in [3.63, 3.8) is 0 Å². The number of nitrogens with one attached hydrogen (secondary N) is 10. The molecule has 14 N–H and O–H groups in total. The minimum Gasteiger partial charge on any atom is -0.508 e. The third kappa shape index (κ3) is 19.2. The number of aromatic hydroxyl groups is 1. The van der Waals surface area contributed by atoms with Crippen LogP contribution in [0, 0.1) is 0 Å². The number of aliphatic carboxylic acids is 1. The Morgan fingerprint density at radius 1 is 0.671 bits per heavy atom. The third-order valence-corrected chi connectivity index (χ3v) is 12.3. The number of hydrogen-bond acceptors (Lipinski definition) is 12. The van der Waals surface area contributed by atoms with Crippen molar-refractivity contribution in [2.24, 2.45) is 5.73 Å². The smallest absolute Gasteiger partial charge is 0.305 e. The minimum atomic E-state index is -1.77. The summed E-state index contributed by atoms with van der Waals surface area (Å²) in [6, 6.07) is 13.1. The fourth-order valence-corrected chi connectivity index (χ4v) is 8.31. The van der Waals surface area contributed by atoms with Gasteiger partial charge < -0.3 is 68.8 Å². The number of carboxylic acid groups (broad SMARTS) is 1. The molecule has 1 aromatic heterocycles. The SMILES string of the molecule is CC(=O)N[C@@H](Cc1ccc(O)cc1)C(=O)N[C@H]1CCCNC(=O)CCC(=O)NCCCC[C@@H](C(=O)N[C@@H](CC(=O)O)C(=O)N[C@@H](Cc2ccccc2)C(N)=O)NC(=O)[C@H](Cc2c[nH]c3ccccc23)NC(=O)CNC1=O. The van der Waals surface area contributed by atoms with Crippen LogP contribution in [-0.2, 0) is 72.0 Å². The van der Waals surface area contributed by atoms with Crippen LogP contribution in [0.25, 0.3) is 10.9 Å². The predicted molar refractivity (Wildman–Crippen MR) is 274 cm³/mol. The van der Waals surface area contributed by atoms with E-state index in [-0.39, 0.29) is 83.0 Å². The lowest BCUT2D eigenvalue weighted by Gasteiger charge is -2.26. The van der Waals surface area contributed by atoms with E-state index in [4.69, 9.17) is 5.73 Å². The number of amides is 10. The number of phenolic OH excluding ortho intramolecular Hbond substituents is 1. The number of carbonyl (C=O) groups is 11. The molecule has 4 aromatic rings. The van der Waals surface area contributed by atoms with Gasteiger partial charge in [-0.3, -0.25) is 52.7 Å². The molecular weight excluding hydrogens is 987 g/mol. The highest BCUT2D eigenvalue weighted by atomic mass is 16.4. The first-order chi connectivity index (χ1) is 36.3. The average molecular weight is 1050 g/mol. The Bertz CT molecular complexity index is 2720. The molecular formula is C52H65N11O13. The molecule has 0 radical (unpaired) electrons. The zero-order valence-electron chi connectivity index (χ0n) is 41.9. The zero-order valence-corrected chi connectivity index (χ0v) is 41.9. The summed E-state index contributed by atoms with van der Waals surface area (Å²) in [4.78, 5) is 149. The van der Waals surface area contributed by atoms with Crippen LogP contribution in [0.2, 0.25) is 0 Å². The maximum absolute atomic E-state index is 14.5. The van der Waals surface area contributed by atoms with Crippen LogP contribution in [0.1, 0.15) is 75.0 Å². The Balaban J connectivity index is 1.41. The molecule has 10 amide bonds. The largest absolute Gasteiger partial charge is 0.508 e. The van der Waals surface area contributed by atoms with Gasteiger partial charge in [-0.2, -0.15) is 0 Å². The number of phenols is 1. The first kappa shape index (κ1) is 58.1. The number of para-hydroxylation sites is 1. The number of fused-ring (bicyclic) bond motifs is 1. The van der Waals surface area contributed by atoms with Gasteiger partial charge in [0.2, 0.25) is 59.1 Å². The van der Waals surface area contributed by atoms with Crippen LogP contribution < -0.4 is 53.6 Å². The van der Waals surface area contributed by atoms with E-state index < -0.39 is 114 Å². The highest BCUT2D eigenvalue weighted by Gasteiger charge is 2.33. The molecule has 24 heteroatoms. The Kier molecular flexibility index (Phi) is 22.3. The Labute approximate surface area is 437 Å². The van der Waals surface area contributed by atoms with Gasteiger partial charge in [-0.1, -0.05) is 60.7 Å². The Morgan fingerprint density at radius 2 is 1.32 bits per heavy atom. The van der Waals surface area contributed by atoms with E-state index in [0.29, 0.717) is 27.6 Å². The number of carboxylic acids is 1. The molecule has 406 valence electrons. The van der Waals surface area contributed by atoms with E-state index in [1.165, 1.54) is 19.1 Å². The van der Waals surface area contributed by atoms with Crippen molar-refractivity contribution in [2.45, 2.75) is 114 Å². The van der Waals surface area contributed by atoms with Crippen molar-refractivity contribution in [2.75, 3.05) is 19.6 Å². The number of aromatic amines is 1. The molecule has 0 bridgehead atoms. The molecule has 0 aliphatic carbocycles. The van der Waals surface area contributed by atoms with E-state index in [1.54, 1.807) is 72.9 Å². The van der Waals surface area contributed by atoms with Gasteiger partial charge in [0.15, 0.2) is 0 Å². The molecule has 6 atom stereocenters. The predicted octanol–water partition coefficient (Wildman–Crippen LogP) is -1.12. The highest BCUT2D eigenvalue weighted by molar-refractivity contribution is 5.98. The molecule has 76 heavy (non-hydrogen) atoms. The topological polar surface area (TPSA) is 378 Å². The molecule has 2 heterocycles. The van der Waals surface area contributed by atoms with Gasteiger partial charge in [-0.05, 0) is 67.0 Å². The molecule has 1 saturated heterocycles. The van der Waals surface area contributed by atoms with E-state index in [9.17, 15) is 63.0 Å². The first-order valence-electron chi connectivity index (χ1n) is 24.8. The number of carbonyl (C=O) groups excluding carboxylic acids is 10. The van der Waals surface area contributed by atoms with Gasteiger partial charge in [0, 0.05) is 69.2 Å². The minimum absolute atomic E-state index is 0.0225. The molecule has 0 saturated carbocycles. The van der Waals surface area contributed by atoms with Crippen molar-refractivity contribution in [1.29, 1.82) is 0 Å². The second-order valence-corrected chi connectivity index (χ2v) is 18.3. The summed E-state index contributed by atoms with van der Waals surface area (Å²) in [5, 5.41) is 43.4. The van der Waals surface area contributed by atoms with E-state index in [2.05, 4.69) is 52.8 Å². The molecule has 5 rings (SSSR count). The molecule has 1 aliphatic rings. The van der Waals surface area contributed by atoms with Crippen LogP contribution in [0.15, 0.2) is 85.1 Å². The molecule has 1 fully saturated rings. The lowest BCUT2D eigenvalue weighted by Crippen LogP contribution is -2.59. The second kappa shape index (κ2) is 29.2. The average Bonchev–Trinajstić information content (AvgIpc) is 3.79. The van der Waals surface area contributed by atoms with Crippen molar-refractivity contribution in [3.8, 4) is 5.75 Å². The monoisotopic (exact) mass is 1050 g/mol. The Hall–Kier alpha value is -8.83. The van der Waals surface area contributed by atoms with E-state index >= 15 is 0 Å². The van der Waals surface area contributed by atoms with E-state index in [0.717, 1.165) is 0 Å². The van der Waals surface area contributed by atoms with Crippen LogP contribution >= 0.6 is 0 Å². The summed E-state index contributed by atoms with van der Waals surface area (Å²) in [6.07, 6.45) is 0.423. The van der Waals surface area contributed by atoms with Gasteiger partial charge in [-0.25, -0.2) is 0 Å². The maximum Gasteiger partial charge on any atom is 0.305 e. The van der Waals surface area contributed by atoms with Crippen molar-refractivity contribution in [3.05, 3.63) is 102 Å². The van der Waals surface area contributed by atoms with Gasteiger partial charge in [0.25, 0.3) is 0 Å². The van der Waals surface area contributed by atoms with Crippen molar-refractivity contribution in [1.82, 2.24) is 52.8 Å². The van der Waals surface area contributed by atoms with Crippen LogP contribution in [-0.4, -0.2) is 136 Å². The van der Waals surface area contributed by atoms with Crippen LogP contribution in [0.5, 0.6) is 5.75 Å². The number of hydrogen-bond donors (Lipinski definition) is 13. The van der Waals surface area contributed by atoms with E-state index in [1.807, 2.05) is 0 Å². The van der Waals surface area contributed by atoms with Crippen LogP contribution in [0.4, 0.5) is 0 Å². The molecule has 24 nitrogen and oxygen atoms in total. The first-order valence-corrected chi connectivity index (χ1v) is 24.8. The number of aromatic nitrogens is 1. The highest BCUT2D eigenvalue weighted by Crippen LogP contribution is 2.20. The summed E-state index contributed by atoms with van der Waals surface area (Å²) < 4.78 is 0. The van der Waals surface area contributed by atoms with Gasteiger partial charge in [0.05, 0.1) is 13.0 Å². The van der Waals surface area contributed by atoms with Crippen molar-refractivity contribution >= 4 is 75.9 Å². The van der Waals surface area contributed by atoms with Gasteiger partial charge >= 0.3 is 5.97 Å². The standard InChI is InChI=1S/C52H65N11O13/c1-30(64)58-40(25-32-16-18-34(65)19-17-32)50(74)60-37-15-9-23-55-44(67)21-20-43(66)54-22-8-7-14-38(49(73)63-42(27-46(69)70)52(76)62-39(47(53)71)24-31-10-3-2-4-11-31)61-51(75)41(59-45(68)29-57-48(37)72)26-33-28-56-36-13-6-5-12-35(33)36/h2-6,10-13,16-19,28,37-42,56,65H,7-9,14-15,20-27,29H2,1H3,(H2,53,71)(H,54,66)(H,55,67)(H,57,72)(H,58,64)(H,59,68)(H,60,74)(H,61,75)(H,62,76)(H,63,73)(H,69,70)/t37-,38-,39-,40-,41-,42-/m0/s1. The van der Waals surface area contributed by atoms with Crippen LogP contribution in [0.3, 0.4) is 0 Å². The molecule has 0 unspecified atom stereocenters. The normalized spacial score (nSPS) is 18.9. The molecule has 3 aromatic carbocycles. The molecule has 1 aliphatic heterocycles. The number of rotatable bonds is 16. The maximum atomic E-state index is 14.5. The zero-order chi connectivity index (χ0) is 55.1. The Morgan fingerprint density at radius 3 is 1.99 bits per heavy atom. The number of primary amides is 1. The fraction of sp³-hybridized carbons (Fsp3) is 0.404. The number of H-pyrrole nitrogens is 1. The quantitative estimate of drug-likeness (QED) is 0.0634. The fourth-order valence-electron chi connectivity index (χ4n) is 8.31. The summed E-state index contributed by atoms with van der Waals surface area (Å²) in [6.45, 7) is 0.604. The third-order valence-electron chi connectivity index (χ3n) is 12.3. The van der Waals surface area contributed by atoms with Gasteiger partial charge in [-0.15, -0.1) is 0 Å². The lowest BCUT2D eigenvalue weighted by molar-refractivity contribution is -0.141. The summed E-state index contributed by atoms with van der Waals surface area (Å²) >= 11 is 0.